The van der Waals surface area contributed by atoms with Crippen LogP contribution in [0.1, 0.15) is 23.1 Å². The van der Waals surface area contributed by atoms with Crippen LogP contribution in [0.25, 0.3) is 0 Å². The summed E-state index contributed by atoms with van der Waals surface area (Å²) in [5.41, 5.74) is 8.93. The number of amides is 1. The number of rotatable bonds is 7. The maximum Gasteiger partial charge on any atom is 0.220 e. The third-order valence-corrected chi connectivity index (χ3v) is 3.31. The van der Waals surface area contributed by atoms with Gasteiger partial charge in [0.1, 0.15) is 0 Å². The van der Waals surface area contributed by atoms with Gasteiger partial charge < -0.3 is 11.1 Å². The summed E-state index contributed by atoms with van der Waals surface area (Å²) in [7, 11) is 0. The van der Waals surface area contributed by atoms with Crippen LogP contribution >= 0.6 is 0 Å². The zero-order valence-electron chi connectivity index (χ0n) is 12.1. The van der Waals surface area contributed by atoms with Gasteiger partial charge in [-0.25, -0.2) is 0 Å². The second-order valence-corrected chi connectivity index (χ2v) is 4.99. The van der Waals surface area contributed by atoms with Crippen LogP contribution in [0, 0.1) is 0 Å². The molecule has 0 unspecified atom stereocenters. The van der Waals surface area contributed by atoms with E-state index in [4.69, 9.17) is 5.73 Å². The summed E-state index contributed by atoms with van der Waals surface area (Å²) in [5, 5.41) is 2.94. The van der Waals surface area contributed by atoms with Crippen molar-refractivity contribution in [2.45, 2.75) is 25.8 Å². The quantitative estimate of drug-likeness (QED) is 0.814. The molecule has 4 nitrogen and oxygen atoms in total. The van der Waals surface area contributed by atoms with Gasteiger partial charge in [-0.2, -0.15) is 0 Å². The Bertz CT molecular complexity index is 552. The monoisotopic (exact) mass is 283 g/mol. The number of pyridine rings is 1. The Morgan fingerprint density at radius 2 is 1.81 bits per heavy atom. The highest BCUT2D eigenvalue weighted by molar-refractivity contribution is 5.76. The molecule has 0 saturated carbocycles. The van der Waals surface area contributed by atoms with Crippen LogP contribution in [0.15, 0.2) is 48.8 Å². The minimum atomic E-state index is 0.0601. The molecule has 3 N–H and O–H groups in total. The Hall–Kier alpha value is -2.20. The smallest absolute Gasteiger partial charge is 0.220 e. The van der Waals surface area contributed by atoms with E-state index in [1.165, 1.54) is 5.56 Å². The van der Waals surface area contributed by atoms with E-state index in [-0.39, 0.29) is 5.91 Å². The Morgan fingerprint density at radius 3 is 2.48 bits per heavy atom. The SMILES string of the molecule is NCCc1ccc(CNC(=O)CCc2cccnc2)cc1. The van der Waals surface area contributed by atoms with Crippen molar-refractivity contribution >= 4 is 5.91 Å². The van der Waals surface area contributed by atoms with Crippen LogP contribution in [0.3, 0.4) is 0 Å². The molecule has 0 aliphatic heterocycles. The Morgan fingerprint density at radius 1 is 1.05 bits per heavy atom. The second-order valence-electron chi connectivity index (χ2n) is 4.99. The molecule has 1 aromatic carbocycles. The van der Waals surface area contributed by atoms with E-state index < -0.39 is 0 Å². The number of hydrogen-bond donors (Lipinski definition) is 2. The fraction of sp³-hybridized carbons (Fsp3) is 0.294. The first-order valence-electron chi connectivity index (χ1n) is 7.21. The molecular weight excluding hydrogens is 262 g/mol. The fourth-order valence-corrected chi connectivity index (χ4v) is 2.08. The van der Waals surface area contributed by atoms with Gasteiger partial charge in [0.2, 0.25) is 5.91 Å². The van der Waals surface area contributed by atoms with Crippen LogP contribution in [-0.2, 0) is 24.2 Å². The lowest BCUT2D eigenvalue weighted by Gasteiger charge is -2.06. The van der Waals surface area contributed by atoms with Crippen molar-refractivity contribution in [2.24, 2.45) is 5.73 Å². The molecule has 1 heterocycles. The largest absolute Gasteiger partial charge is 0.352 e. The Balaban J connectivity index is 1.73. The highest BCUT2D eigenvalue weighted by Crippen LogP contribution is 2.05. The summed E-state index contributed by atoms with van der Waals surface area (Å²) in [6.07, 6.45) is 5.62. The number of nitrogens with zero attached hydrogens (tertiary/aromatic N) is 1. The van der Waals surface area contributed by atoms with Crippen molar-refractivity contribution < 1.29 is 4.79 Å². The van der Waals surface area contributed by atoms with Crippen LogP contribution < -0.4 is 11.1 Å². The van der Waals surface area contributed by atoms with Crippen molar-refractivity contribution in [1.82, 2.24) is 10.3 Å². The minimum absolute atomic E-state index is 0.0601. The molecule has 4 heteroatoms. The zero-order valence-corrected chi connectivity index (χ0v) is 12.1. The number of nitrogens with one attached hydrogen (secondary N) is 1. The summed E-state index contributed by atoms with van der Waals surface area (Å²) in [6, 6.07) is 12.1. The first-order chi connectivity index (χ1) is 10.3. The van der Waals surface area contributed by atoms with Crippen LogP contribution in [-0.4, -0.2) is 17.4 Å². The molecule has 0 radical (unpaired) electrons. The molecule has 2 aromatic rings. The molecule has 21 heavy (non-hydrogen) atoms. The van der Waals surface area contributed by atoms with E-state index in [0.29, 0.717) is 19.5 Å². The molecule has 1 amide bonds. The first kappa shape index (κ1) is 15.2. The minimum Gasteiger partial charge on any atom is -0.352 e. The number of aromatic nitrogens is 1. The lowest BCUT2D eigenvalue weighted by molar-refractivity contribution is -0.121. The third-order valence-electron chi connectivity index (χ3n) is 3.31. The van der Waals surface area contributed by atoms with Gasteiger partial charge >= 0.3 is 0 Å². The van der Waals surface area contributed by atoms with E-state index in [1.54, 1.807) is 12.4 Å². The average molecular weight is 283 g/mol. The number of benzene rings is 1. The molecule has 0 spiro atoms. The third kappa shape index (κ3) is 5.36. The van der Waals surface area contributed by atoms with Crippen LogP contribution in [0.4, 0.5) is 0 Å². The summed E-state index contributed by atoms with van der Waals surface area (Å²) in [4.78, 5) is 15.8. The highest BCUT2D eigenvalue weighted by Gasteiger charge is 2.02. The molecule has 0 bridgehead atoms. The summed E-state index contributed by atoms with van der Waals surface area (Å²) in [6.45, 7) is 1.22. The summed E-state index contributed by atoms with van der Waals surface area (Å²) in [5.74, 6) is 0.0601. The van der Waals surface area contributed by atoms with Gasteiger partial charge in [0, 0.05) is 25.4 Å². The number of carbonyl (C=O) groups is 1. The standard InChI is InChI=1S/C17H21N3O/c18-10-9-14-3-5-16(6-4-14)13-20-17(21)8-7-15-2-1-11-19-12-15/h1-6,11-12H,7-10,13,18H2,(H,20,21). The van der Waals surface area contributed by atoms with Gasteiger partial charge in [-0.3, -0.25) is 9.78 Å². The van der Waals surface area contributed by atoms with E-state index >= 15 is 0 Å². The average Bonchev–Trinajstić information content (AvgIpc) is 2.53. The number of nitrogens with two attached hydrogens (primary N) is 1. The second kappa shape index (κ2) is 8.17. The molecule has 0 saturated heterocycles. The van der Waals surface area contributed by atoms with Crippen molar-refractivity contribution in [3.8, 4) is 0 Å². The fourth-order valence-electron chi connectivity index (χ4n) is 2.08. The molecule has 0 fully saturated rings. The maximum absolute atomic E-state index is 11.8. The molecule has 0 atom stereocenters. The molecule has 1 aromatic heterocycles. The zero-order chi connectivity index (χ0) is 14.9. The number of hydrogen-bond acceptors (Lipinski definition) is 3. The predicted octanol–water partition coefficient (Wildman–Crippen LogP) is 1.83. The van der Waals surface area contributed by atoms with Crippen LogP contribution in [0.2, 0.25) is 0 Å². The Labute approximate surface area is 125 Å². The highest BCUT2D eigenvalue weighted by atomic mass is 16.1. The van der Waals surface area contributed by atoms with Gasteiger partial charge in [0.25, 0.3) is 0 Å². The molecular formula is C17H21N3O. The van der Waals surface area contributed by atoms with E-state index in [1.807, 2.05) is 24.3 Å². The van der Waals surface area contributed by atoms with Gasteiger partial charge in [-0.1, -0.05) is 30.3 Å². The topological polar surface area (TPSA) is 68.0 Å². The van der Waals surface area contributed by atoms with E-state index in [2.05, 4.69) is 22.4 Å². The summed E-state index contributed by atoms with van der Waals surface area (Å²) < 4.78 is 0. The number of aryl methyl sites for hydroxylation is 1. The summed E-state index contributed by atoms with van der Waals surface area (Å²) >= 11 is 0. The lowest BCUT2D eigenvalue weighted by atomic mass is 10.1. The maximum atomic E-state index is 11.8. The van der Waals surface area contributed by atoms with Gasteiger partial charge in [-0.05, 0) is 42.1 Å². The van der Waals surface area contributed by atoms with Gasteiger partial charge in [0.15, 0.2) is 0 Å². The molecule has 2 rings (SSSR count). The predicted molar refractivity (Wildman–Crippen MR) is 83.6 cm³/mol. The lowest BCUT2D eigenvalue weighted by Crippen LogP contribution is -2.23. The number of carbonyl (C=O) groups excluding carboxylic acids is 1. The normalized spacial score (nSPS) is 10.3. The van der Waals surface area contributed by atoms with E-state index in [0.717, 1.165) is 24.0 Å². The molecule has 0 aliphatic rings. The van der Waals surface area contributed by atoms with Gasteiger partial charge in [-0.15, -0.1) is 0 Å². The van der Waals surface area contributed by atoms with Crippen LogP contribution in [0.5, 0.6) is 0 Å². The van der Waals surface area contributed by atoms with Crippen molar-refractivity contribution in [3.63, 3.8) is 0 Å². The molecule has 110 valence electrons. The van der Waals surface area contributed by atoms with Crippen molar-refractivity contribution in [1.29, 1.82) is 0 Å². The van der Waals surface area contributed by atoms with Crippen molar-refractivity contribution in [2.75, 3.05) is 6.54 Å². The van der Waals surface area contributed by atoms with E-state index in [9.17, 15) is 4.79 Å². The first-order valence-corrected chi connectivity index (χ1v) is 7.21. The van der Waals surface area contributed by atoms with Gasteiger partial charge in [0.05, 0.1) is 0 Å². The Kier molecular flexibility index (Phi) is 5.91. The molecule has 0 aliphatic carbocycles. The van der Waals surface area contributed by atoms with Crippen molar-refractivity contribution in [3.05, 3.63) is 65.5 Å².